The van der Waals surface area contributed by atoms with Crippen molar-refractivity contribution >= 4 is 28.3 Å². The number of pyridine rings is 1. The van der Waals surface area contributed by atoms with Crippen molar-refractivity contribution in [2.45, 2.75) is 0 Å². The fourth-order valence-corrected chi connectivity index (χ4v) is 2.05. The average Bonchev–Trinajstić information content (AvgIpc) is 2.47. The third-order valence-corrected chi connectivity index (χ3v) is 3.06. The molecule has 5 nitrogen and oxygen atoms in total. The molecule has 1 heterocycles. The van der Waals surface area contributed by atoms with E-state index in [4.69, 9.17) is 21.4 Å². The van der Waals surface area contributed by atoms with Crippen molar-refractivity contribution in [3.63, 3.8) is 0 Å². The van der Waals surface area contributed by atoms with Gasteiger partial charge in [0.25, 0.3) is 5.91 Å². The Morgan fingerprint density at radius 2 is 2.05 bits per heavy atom. The van der Waals surface area contributed by atoms with Gasteiger partial charge in [0.2, 0.25) is 0 Å². The van der Waals surface area contributed by atoms with E-state index in [1.165, 1.54) is 6.20 Å². The summed E-state index contributed by atoms with van der Waals surface area (Å²) in [6, 6.07) is 7.35. The standard InChI is InChI=1S/C14H15ClN2O3/c15-13-11-4-2-1-3-10(11)12(9-17-13)14(19)16-5-7-20-8-6-18/h1-4,9,18H,5-8H2,(H,16,19). The molecular weight excluding hydrogens is 280 g/mol. The number of aliphatic hydroxyl groups is 1. The van der Waals surface area contributed by atoms with Gasteiger partial charge in [-0.1, -0.05) is 35.9 Å². The van der Waals surface area contributed by atoms with Crippen LogP contribution in [-0.4, -0.2) is 42.4 Å². The lowest BCUT2D eigenvalue weighted by atomic mass is 10.1. The van der Waals surface area contributed by atoms with Gasteiger partial charge in [-0.2, -0.15) is 0 Å². The van der Waals surface area contributed by atoms with Crippen LogP contribution in [0.1, 0.15) is 10.4 Å². The van der Waals surface area contributed by atoms with Gasteiger partial charge in [-0.15, -0.1) is 0 Å². The molecule has 1 amide bonds. The summed E-state index contributed by atoms with van der Waals surface area (Å²) in [5.74, 6) is -0.224. The minimum atomic E-state index is -0.224. The lowest BCUT2D eigenvalue weighted by Gasteiger charge is -2.08. The number of carbonyl (C=O) groups is 1. The second-order valence-electron chi connectivity index (χ2n) is 4.10. The Kier molecular flexibility index (Phi) is 5.29. The maximum absolute atomic E-state index is 12.1. The van der Waals surface area contributed by atoms with Gasteiger partial charge in [0, 0.05) is 18.1 Å². The summed E-state index contributed by atoms with van der Waals surface area (Å²) in [4.78, 5) is 16.1. The Bertz CT molecular complexity index is 604. The minimum Gasteiger partial charge on any atom is -0.394 e. The van der Waals surface area contributed by atoms with Crippen LogP contribution >= 0.6 is 11.6 Å². The van der Waals surface area contributed by atoms with Crippen LogP contribution in [0.15, 0.2) is 30.5 Å². The maximum atomic E-state index is 12.1. The summed E-state index contributed by atoms with van der Waals surface area (Å²) < 4.78 is 5.07. The fourth-order valence-electron chi connectivity index (χ4n) is 1.84. The first-order valence-electron chi connectivity index (χ1n) is 6.24. The molecule has 0 bridgehead atoms. The van der Waals surface area contributed by atoms with Crippen molar-refractivity contribution in [1.82, 2.24) is 10.3 Å². The summed E-state index contributed by atoms with van der Waals surface area (Å²) in [5.41, 5.74) is 0.479. The normalized spacial score (nSPS) is 10.7. The number of hydrogen-bond acceptors (Lipinski definition) is 4. The van der Waals surface area contributed by atoms with Crippen LogP contribution in [0.5, 0.6) is 0 Å². The first-order chi connectivity index (χ1) is 9.74. The van der Waals surface area contributed by atoms with Crippen molar-refractivity contribution in [2.24, 2.45) is 0 Å². The van der Waals surface area contributed by atoms with Gasteiger partial charge < -0.3 is 15.2 Å². The molecule has 2 aromatic rings. The number of ether oxygens (including phenoxy) is 1. The van der Waals surface area contributed by atoms with Crippen molar-refractivity contribution in [2.75, 3.05) is 26.4 Å². The monoisotopic (exact) mass is 294 g/mol. The van der Waals surface area contributed by atoms with Crippen LogP contribution in [0, 0.1) is 0 Å². The second-order valence-corrected chi connectivity index (χ2v) is 4.46. The van der Waals surface area contributed by atoms with Gasteiger partial charge in [-0.25, -0.2) is 4.98 Å². The third-order valence-electron chi connectivity index (χ3n) is 2.76. The van der Waals surface area contributed by atoms with Crippen LogP contribution < -0.4 is 5.32 Å². The molecule has 2 N–H and O–H groups in total. The minimum absolute atomic E-state index is 0.0281. The predicted octanol–water partition coefficient (Wildman–Crippen LogP) is 1.63. The molecule has 0 aliphatic heterocycles. The van der Waals surface area contributed by atoms with E-state index >= 15 is 0 Å². The molecule has 1 aromatic heterocycles. The zero-order chi connectivity index (χ0) is 14.4. The van der Waals surface area contributed by atoms with E-state index in [9.17, 15) is 4.79 Å². The van der Waals surface area contributed by atoms with Gasteiger partial charge >= 0.3 is 0 Å². The first-order valence-corrected chi connectivity index (χ1v) is 6.62. The lowest BCUT2D eigenvalue weighted by molar-refractivity contribution is 0.0839. The highest BCUT2D eigenvalue weighted by molar-refractivity contribution is 6.34. The Hall–Kier alpha value is -1.69. The van der Waals surface area contributed by atoms with Crippen LogP contribution in [0.3, 0.4) is 0 Å². The topological polar surface area (TPSA) is 71.5 Å². The number of fused-ring (bicyclic) bond motifs is 1. The van der Waals surface area contributed by atoms with Crippen LogP contribution in [0.2, 0.25) is 5.15 Å². The number of benzene rings is 1. The Labute approximate surface area is 121 Å². The summed E-state index contributed by atoms with van der Waals surface area (Å²) in [5, 5.41) is 13.2. The van der Waals surface area contributed by atoms with E-state index in [1.807, 2.05) is 24.3 Å². The predicted molar refractivity (Wildman–Crippen MR) is 77.0 cm³/mol. The zero-order valence-corrected chi connectivity index (χ0v) is 11.6. The van der Waals surface area contributed by atoms with E-state index < -0.39 is 0 Å². The van der Waals surface area contributed by atoms with E-state index in [2.05, 4.69) is 10.3 Å². The van der Waals surface area contributed by atoms with Gasteiger partial charge in [0.15, 0.2) is 0 Å². The van der Waals surface area contributed by atoms with E-state index in [0.717, 1.165) is 10.8 Å². The molecule has 0 saturated carbocycles. The van der Waals surface area contributed by atoms with E-state index in [-0.39, 0.29) is 19.1 Å². The molecule has 0 atom stereocenters. The van der Waals surface area contributed by atoms with Crippen molar-refractivity contribution in [3.05, 3.63) is 41.2 Å². The number of aromatic nitrogens is 1. The Morgan fingerprint density at radius 1 is 1.30 bits per heavy atom. The maximum Gasteiger partial charge on any atom is 0.253 e. The summed E-state index contributed by atoms with van der Waals surface area (Å²) in [6.45, 7) is 0.960. The van der Waals surface area contributed by atoms with Gasteiger partial charge in [-0.05, 0) is 5.39 Å². The van der Waals surface area contributed by atoms with Crippen molar-refractivity contribution in [3.8, 4) is 0 Å². The number of halogens is 1. The molecule has 2 rings (SSSR count). The Balaban J connectivity index is 2.09. The third kappa shape index (κ3) is 3.45. The summed E-state index contributed by atoms with van der Waals surface area (Å²) in [7, 11) is 0. The van der Waals surface area contributed by atoms with Gasteiger partial charge in [-0.3, -0.25) is 4.79 Å². The molecular formula is C14H15ClN2O3. The second kappa shape index (κ2) is 7.19. The fraction of sp³-hybridized carbons (Fsp3) is 0.286. The van der Waals surface area contributed by atoms with Gasteiger partial charge in [0.1, 0.15) is 5.15 Å². The smallest absolute Gasteiger partial charge is 0.253 e. The molecule has 0 aliphatic rings. The molecule has 1 aromatic carbocycles. The molecule has 0 fully saturated rings. The largest absolute Gasteiger partial charge is 0.394 e. The highest BCUT2D eigenvalue weighted by Gasteiger charge is 2.12. The van der Waals surface area contributed by atoms with Gasteiger partial charge in [0.05, 0.1) is 25.4 Å². The number of aliphatic hydroxyl groups excluding tert-OH is 1. The van der Waals surface area contributed by atoms with Crippen LogP contribution in [0.4, 0.5) is 0 Å². The highest BCUT2D eigenvalue weighted by atomic mass is 35.5. The number of carbonyl (C=O) groups excluding carboxylic acids is 1. The number of nitrogens with zero attached hydrogens (tertiary/aromatic N) is 1. The zero-order valence-electron chi connectivity index (χ0n) is 10.8. The van der Waals surface area contributed by atoms with Crippen LogP contribution in [-0.2, 0) is 4.74 Å². The quantitative estimate of drug-likeness (QED) is 0.627. The molecule has 20 heavy (non-hydrogen) atoms. The number of rotatable bonds is 6. The van der Waals surface area contributed by atoms with Crippen molar-refractivity contribution < 1.29 is 14.6 Å². The van der Waals surface area contributed by atoms with E-state index in [0.29, 0.717) is 23.9 Å². The highest BCUT2D eigenvalue weighted by Crippen LogP contribution is 2.23. The first kappa shape index (κ1) is 14.7. The SMILES string of the molecule is O=C(NCCOCCO)c1cnc(Cl)c2ccccc12. The summed E-state index contributed by atoms with van der Waals surface area (Å²) >= 11 is 6.01. The number of nitrogens with one attached hydrogen (secondary N) is 1. The molecule has 0 saturated heterocycles. The molecule has 0 radical (unpaired) electrons. The lowest BCUT2D eigenvalue weighted by Crippen LogP contribution is -2.27. The Morgan fingerprint density at radius 3 is 2.80 bits per heavy atom. The molecule has 6 heteroatoms. The average molecular weight is 295 g/mol. The van der Waals surface area contributed by atoms with E-state index in [1.54, 1.807) is 0 Å². The van der Waals surface area contributed by atoms with Crippen LogP contribution in [0.25, 0.3) is 10.8 Å². The molecule has 0 aliphatic carbocycles. The number of amides is 1. The molecule has 0 spiro atoms. The molecule has 0 unspecified atom stereocenters. The molecule has 106 valence electrons. The number of hydrogen-bond donors (Lipinski definition) is 2. The summed E-state index contributed by atoms with van der Waals surface area (Å²) in [6.07, 6.45) is 1.47. The van der Waals surface area contributed by atoms with Crippen molar-refractivity contribution in [1.29, 1.82) is 0 Å².